The van der Waals surface area contributed by atoms with Crippen molar-refractivity contribution in [2.75, 3.05) is 24.6 Å². The molecule has 45 heteroatoms. The number of primary amides is 6. The summed E-state index contributed by atoms with van der Waals surface area (Å²) in [6.45, 7) is 17.9. The van der Waals surface area contributed by atoms with Gasteiger partial charge in [0.15, 0.2) is 35.1 Å². The number of aromatic amines is 1. The zero-order valence-electron chi connectivity index (χ0n) is 63.4. The van der Waals surface area contributed by atoms with E-state index in [9.17, 15) is 77.7 Å². The zero-order chi connectivity index (χ0) is 82.8. The number of hydrogen-bond acceptors (Lipinski definition) is 29. The molecule has 0 saturated carbocycles. The third-order valence-corrected chi connectivity index (χ3v) is 25.7. The fourth-order valence-electron chi connectivity index (χ4n) is 17.0. The first-order valence-corrected chi connectivity index (χ1v) is 38.9. The van der Waals surface area contributed by atoms with Crippen molar-refractivity contribution in [3.05, 3.63) is 75.9 Å². The number of hydrogen-bond donors (Lipinski definition) is 16. The van der Waals surface area contributed by atoms with Gasteiger partial charge >= 0.3 is 32.4 Å². The van der Waals surface area contributed by atoms with E-state index in [1.54, 1.807) is 47.6 Å². The first-order chi connectivity index (χ1) is 52.1. The second-order valence-electron chi connectivity index (χ2n) is 30.9. The molecule has 20 atom stereocenters. The van der Waals surface area contributed by atoms with Gasteiger partial charge in [0, 0.05) is 108 Å². The van der Waals surface area contributed by atoms with Crippen molar-refractivity contribution in [3.8, 4) is 0 Å². The number of aromatic nitrogens is 8. The number of phosphoric ester groups is 2. The number of aliphatic hydroxyl groups is 4. The number of aliphatic hydroxyl groups excluding tert-OH is 4. The zero-order valence-corrected chi connectivity index (χ0v) is 66.2. The molecule has 0 aliphatic carbocycles. The Bertz CT molecular complexity index is 4810. The molecule has 11 rings (SSSR count). The van der Waals surface area contributed by atoms with E-state index in [0.717, 1.165) is 10.9 Å². The molecule has 8 bridgehead atoms. The summed E-state index contributed by atoms with van der Waals surface area (Å²) in [6.07, 6.45) is -7.62. The van der Waals surface area contributed by atoms with Crippen LogP contribution in [-0.2, 0) is 82.3 Å². The van der Waals surface area contributed by atoms with Gasteiger partial charge in [0.05, 0.1) is 42.7 Å². The molecular weight excluding hydrogens is 1570 g/mol. The van der Waals surface area contributed by atoms with Gasteiger partial charge < -0.3 is 103 Å². The van der Waals surface area contributed by atoms with E-state index in [1.165, 1.54) is 24.1 Å². The van der Waals surface area contributed by atoms with E-state index in [4.69, 9.17) is 84.7 Å². The topological polar surface area (TPSA) is 700 Å². The van der Waals surface area contributed by atoms with Crippen molar-refractivity contribution in [1.82, 2.24) is 44.4 Å². The Morgan fingerprint density at radius 1 is 0.708 bits per heavy atom. The molecule has 2 unspecified atom stereocenters. The predicted octanol–water partition coefficient (Wildman–Crippen LogP) is -0.0277. The number of allylic oxidation sites excluding steroid dienone is 6. The van der Waals surface area contributed by atoms with Gasteiger partial charge in [0.25, 0.3) is 5.56 Å². The number of amides is 7. The summed E-state index contributed by atoms with van der Waals surface area (Å²) in [5, 5.41) is 49.3. The Hall–Kier alpha value is -8.65. The van der Waals surface area contributed by atoms with Crippen LogP contribution in [0.5, 0.6) is 0 Å². The van der Waals surface area contributed by atoms with Crippen molar-refractivity contribution in [2.45, 2.75) is 200 Å². The van der Waals surface area contributed by atoms with Crippen LogP contribution in [-0.4, -0.2) is 195 Å². The van der Waals surface area contributed by atoms with Gasteiger partial charge in [-0.25, -0.2) is 29.1 Å². The number of fused-ring (bicyclic) bond motifs is 8. The Morgan fingerprint density at radius 3 is 1.88 bits per heavy atom. The minimum Gasteiger partial charge on any atom is -0.682 e. The number of nitrogens with two attached hydrogens (primary N) is 8. The normalized spacial score (nSPS) is 33.4. The number of H-pyrrole nitrogens is 1. The van der Waals surface area contributed by atoms with Crippen LogP contribution in [0.1, 0.15) is 145 Å². The third kappa shape index (κ3) is 17.5. The largest absolute Gasteiger partial charge is 2.00 e. The van der Waals surface area contributed by atoms with Crippen molar-refractivity contribution >= 4 is 108 Å². The average Bonchev–Trinajstić information content (AvgIpc) is 1.53. The summed E-state index contributed by atoms with van der Waals surface area (Å²) in [7, 11) is -11.1. The molecule has 619 valence electrons. The maximum atomic E-state index is 14.3. The van der Waals surface area contributed by atoms with Crippen LogP contribution in [0.25, 0.3) is 27.6 Å². The van der Waals surface area contributed by atoms with E-state index in [1.807, 2.05) is 13.8 Å². The molecule has 113 heavy (non-hydrogen) atoms. The van der Waals surface area contributed by atoms with Crippen molar-refractivity contribution in [2.24, 2.45) is 94.7 Å². The number of ether oxygens (including phenoxy) is 2. The molecule has 0 aromatic carbocycles. The Labute approximate surface area is 657 Å². The maximum absolute atomic E-state index is 14.3. The van der Waals surface area contributed by atoms with Crippen LogP contribution in [0.2, 0.25) is 0 Å². The molecule has 4 aromatic rings. The summed E-state index contributed by atoms with van der Waals surface area (Å²) in [5.74, 6) is -7.90. The number of nitrogens with one attached hydrogen (secondary N) is 2. The molecule has 7 amide bonds. The second-order valence-corrected chi connectivity index (χ2v) is 33.9. The number of rotatable bonds is 29. The molecule has 42 nitrogen and oxygen atoms in total. The van der Waals surface area contributed by atoms with Crippen LogP contribution >= 0.6 is 15.6 Å². The first kappa shape index (κ1) is 88.3. The van der Waals surface area contributed by atoms with Gasteiger partial charge in [-0.15, -0.1) is 0 Å². The van der Waals surface area contributed by atoms with Crippen LogP contribution in [0, 0.1) is 52.3 Å². The number of anilines is 2. The number of imidazole rings is 2. The van der Waals surface area contributed by atoms with E-state index in [-0.39, 0.29) is 110 Å². The minimum absolute atomic E-state index is 0. The van der Waals surface area contributed by atoms with Gasteiger partial charge in [-0.2, -0.15) is 15.0 Å². The van der Waals surface area contributed by atoms with Crippen LogP contribution in [0.4, 0.5) is 11.8 Å². The SMILES string of the molecule is C/C1=C2/[N-][C@H]([C@H](CC(N)=O)[C@@]2(C)CCC(=O)NC[C@@H](C)OP(=O)(O)OP(=O)(O)OC[C@H]2O[C@@H](n3cnc4c(=O)[nH]c(N)nc43)[C@H](O)[C@@H]2O)[C@]2(C)N=C(/C(C)=C3N=C(/C=C4N=C1[C@@H](CCC(N)=O)C\4(C)C)[C@@H](CCC(N)=O)[C@]\3(C)CC(N)=O)[C@@H](CCC(N)=O)[C@]2(C)CC(N)=O.[CH2-][C@H]1O[C@@H](n2cnc3c(N)ncnc32)[C@H](O)[C@@H]1O.[Co+2]. The van der Waals surface area contributed by atoms with E-state index >= 15 is 0 Å². The number of nitrogens with zero attached hydrogens (tertiary/aromatic N) is 11. The summed E-state index contributed by atoms with van der Waals surface area (Å²) >= 11 is 0. The molecule has 0 spiro atoms. The van der Waals surface area contributed by atoms with E-state index < -0.39 is 188 Å². The molecule has 3 saturated heterocycles. The molecule has 24 N–H and O–H groups in total. The smallest absolute Gasteiger partial charge is 0.682 e. The van der Waals surface area contributed by atoms with Crippen molar-refractivity contribution < 1.29 is 113 Å². The summed E-state index contributed by atoms with van der Waals surface area (Å²) in [4.78, 5) is 165. The third-order valence-electron chi connectivity index (χ3n) is 22.9. The number of aliphatic imine (C=N–C) groups is 3. The van der Waals surface area contributed by atoms with Crippen LogP contribution in [0.3, 0.4) is 0 Å². The van der Waals surface area contributed by atoms with E-state index in [0.29, 0.717) is 56.5 Å². The summed E-state index contributed by atoms with van der Waals surface area (Å²) in [6, 6.07) is -1.11. The molecule has 3 fully saturated rings. The first-order valence-electron chi connectivity index (χ1n) is 35.9. The van der Waals surface area contributed by atoms with Gasteiger partial charge in [-0.05, 0) is 88.0 Å². The quantitative estimate of drug-likeness (QED) is 0.0251. The van der Waals surface area contributed by atoms with Gasteiger partial charge in [0.1, 0.15) is 36.3 Å². The predicted molar refractivity (Wildman–Crippen MR) is 399 cm³/mol. The summed E-state index contributed by atoms with van der Waals surface area (Å²) in [5.41, 5.74) is 44.0. The number of phosphoric acid groups is 2. The molecule has 7 aliphatic rings. The molecule has 11 heterocycles. The van der Waals surface area contributed by atoms with Crippen molar-refractivity contribution in [1.29, 1.82) is 0 Å². The van der Waals surface area contributed by atoms with Gasteiger partial charge in [-0.1, -0.05) is 40.7 Å². The van der Waals surface area contributed by atoms with Gasteiger partial charge in [-0.3, -0.25) is 76.5 Å². The standard InChI is InChI=1S/C58H86N16O18P2.C10H12N5O3.Co/c1-25(91-94(87,88)92-93(85,86)89-23-33-45(82)46(83)52(90-33)74-24-67-44-50(74)71-53(65)72-51(44)84)22-66-41(81)16-17-55(6)31(18-38(62)78)49-58(9)57(8,21-40(64)80)30(12-15-37(61)77)43(73-58)27(3)48-56(7,20-39(63)79)28(10-13-35(59)75)32(68-48)19-34-54(4,5)29(11-14-36(60)76)42(69-34)26(2)47(55)70-49;1-4-6(16)7(17)10(18-4)15-3-14-5-8(11)12-2-13-9(5)15;/h19,24-25,28-31,33,45-46,49,52,82-83H,10-18,20-23H2,1-9H3,(H19,59,60,61,62,63,64,65,66,68,69,70,71,72,73,75,76,77,78,79,80,81,84,85,86,87,88);2-4,6-7,10,16-17H,1H2,(H2,11,12,13);/q;-1;+2/p-1/t25-,28-,29-,30-,31+,33-,45-,46-,49-,52-,55-,56+,57+,58+;4-,6-,7-,10-;/m11./s1. The van der Waals surface area contributed by atoms with Crippen molar-refractivity contribution in [3.63, 3.8) is 0 Å². The maximum Gasteiger partial charge on any atom is 2.00 e. The number of carbonyl (C=O) groups excluding carboxylic acids is 7. The molecule has 4 aromatic heterocycles. The molecular formula is C68H97CoN21O21P2. The molecule has 1 radical (unpaired) electrons. The summed E-state index contributed by atoms with van der Waals surface area (Å²) < 4.78 is 54.5. The van der Waals surface area contributed by atoms with Crippen LogP contribution < -0.4 is 56.7 Å². The number of carbonyl (C=O) groups is 7. The second kappa shape index (κ2) is 33.3. The fourth-order valence-corrected chi connectivity index (χ4v) is 19.3. The Kier molecular flexibility index (Phi) is 26.0. The Morgan fingerprint density at radius 2 is 1.29 bits per heavy atom. The van der Waals surface area contributed by atoms with E-state index in [2.05, 4.69) is 46.5 Å². The minimum atomic E-state index is -5.56. The average molecular weight is 1670 g/mol. The Balaban J connectivity index is 0.000000669. The molecule has 7 aliphatic heterocycles. The fraction of sp³-hybridized carbons (Fsp3) is 0.603. The van der Waals surface area contributed by atoms with Crippen LogP contribution in [0.15, 0.2) is 73.1 Å². The number of nitrogen functional groups attached to an aromatic ring is 2. The monoisotopic (exact) mass is 1660 g/mol. The van der Waals surface area contributed by atoms with Gasteiger partial charge in [0.2, 0.25) is 47.3 Å².